The fraction of sp³-hybridized carbons (Fsp3) is 0.500. The Kier molecular flexibility index (Phi) is 4.84. The van der Waals surface area contributed by atoms with Crippen molar-refractivity contribution in [2.75, 3.05) is 20.2 Å². The normalized spacial score (nSPS) is 17.2. The van der Waals surface area contributed by atoms with Crippen LogP contribution in [0.4, 0.5) is 0 Å². The van der Waals surface area contributed by atoms with Gasteiger partial charge in [-0.1, -0.05) is 12.8 Å². The van der Waals surface area contributed by atoms with Crippen LogP contribution in [0.15, 0.2) is 23.1 Å². The first-order valence-electron chi connectivity index (χ1n) is 6.88. The molecule has 0 amide bonds. The maximum atomic E-state index is 12.7. The van der Waals surface area contributed by atoms with Crippen LogP contribution in [0.25, 0.3) is 0 Å². The van der Waals surface area contributed by atoms with E-state index in [1.807, 2.05) is 0 Å². The molecule has 0 atom stereocenters. The summed E-state index contributed by atoms with van der Waals surface area (Å²) in [5, 5.41) is 9.04. The quantitative estimate of drug-likeness (QED) is 0.918. The van der Waals surface area contributed by atoms with E-state index in [-0.39, 0.29) is 16.2 Å². The second-order valence-electron chi connectivity index (χ2n) is 4.99. The van der Waals surface area contributed by atoms with Gasteiger partial charge in [-0.25, -0.2) is 13.2 Å². The topological polar surface area (TPSA) is 83.9 Å². The lowest BCUT2D eigenvalue weighted by molar-refractivity contribution is 0.0696. The van der Waals surface area contributed by atoms with Crippen molar-refractivity contribution in [3.05, 3.63) is 23.8 Å². The highest BCUT2D eigenvalue weighted by Crippen LogP contribution is 2.29. The minimum Gasteiger partial charge on any atom is -0.495 e. The highest BCUT2D eigenvalue weighted by Gasteiger charge is 2.29. The average Bonchev–Trinajstić information content (AvgIpc) is 2.76. The number of hydrogen-bond donors (Lipinski definition) is 1. The summed E-state index contributed by atoms with van der Waals surface area (Å²) in [6.07, 6.45) is 3.66. The van der Waals surface area contributed by atoms with Crippen molar-refractivity contribution in [2.24, 2.45) is 0 Å². The predicted molar refractivity (Wildman–Crippen MR) is 77.2 cm³/mol. The van der Waals surface area contributed by atoms with E-state index >= 15 is 0 Å². The second-order valence-corrected chi connectivity index (χ2v) is 6.90. The molecule has 1 heterocycles. The van der Waals surface area contributed by atoms with Crippen LogP contribution >= 0.6 is 0 Å². The van der Waals surface area contributed by atoms with E-state index in [0.29, 0.717) is 13.1 Å². The number of carboxylic acids is 1. The van der Waals surface area contributed by atoms with Gasteiger partial charge in [0, 0.05) is 13.1 Å². The van der Waals surface area contributed by atoms with E-state index in [1.54, 1.807) is 0 Å². The van der Waals surface area contributed by atoms with Crippen molar-refractivity contribution in [1.82, 2.24) is 4.31 Å². The molecular weight excluding hydrogens is 294 g/mol. The molecule has 6 nitrogen and oxygen atoms in total. The maximum absolute atomic E-state index is 12.7. The van der Waals surface area contributed by atoms with Gasteiger partial charge < -0.3 is 9.84 Å². The van der Waals surface area contributed by atoms with Crippen LogP contribution < -0.4 is 4.74 Å². The van der Waals surface area contributed by atoms with E-state index in [0.717, 1.165) is 25.7 Å². The lowest BCUT2D eigenvalue weighted by Crippen LogP contribution is -2.32. The van der Waals surface area contributed by atoms with Gasteiger partial charge in [0.1, 0.15) is 10.6 Å². The summed E-state index contributed by atoms with van der Waals surface area (Å²) in [5.41, 5.74) is -0.0656. The number of sulfonamides is 1. The Bertz CT molecular complexity index is 618. The zero-order valence-corrected chi connectivity index (χ0v) is 12.7. The molecule has 1 saturated heterocycles. The molecule has 0 radical (unpaired) electrons. The number of hydrogen-bond acceptors (Lipinski definition) is 4. The Morgan fingerprint density at radius 3 is 2.33 bits per heavy atom. The van der Waals surface area contributed by atoms with Crippen molar-refractivity contribution in [3.8, 4) is 5.75 Å². The van der Waals surface area contributed by atoms with Crippen LogP contribution in [-0.4, -0.2) is 44.0 Å². The van der Waals surface area contributed by atoms with Gasteiger partial charge in [-0.3, -0.25) is 0 Å². The molecule has 21 heavy (non-hydrogen) atoms. The molecule has 1 aliphatic heterocycles. The van der Waals surface area contributed by atoms with Crippen LogP contribution in [0.1, 0.15) is 36.0 Å². The van der Waals surface area contributed by atoms with Gasteiger partial charge in [-0.05, 0) is 31.0 Å². The highest BCUT2D eigenvalue weighted by atomic mass is 32.2. The fourth-order valence-electron chi connectivity index (χ4n) is 2.43. The predicted octanol–water partition coefficient (Wildman–Crippen LogP) is 1.96. The number of aromatic carboxylic acids is 1. The first-order chi connectivity index (χ1) is 9.96. The minimum atomic E-state index is -3.74. The van der Waals surface area contributed by atoms with Gasteiger partial charge in [-0.15, -0.1) is 0 Å². The van der Waals surface area contributed by atoms with Crippen LogP contribution in [0.3, 0.4) is 0 Å². The summed E-state index contributed by atoms with van der Waals surface area (Å²) in [6, 6.07) is 3.89. The average molecular weight is 313 g/mol. The second kappa shape index (κ2) is 6.44. The van der Waals surface area contributed by atoms with Crippen molar-refractivity contribution in [3.63, 3.8) is 0 Å². The molecule has 1 N–H and O–H groups in total. The number of nitrogens with zero attached hydrogens (tertiary/aromatic N) is 1. The highest BCUT2D eigenvalue weighted by molar-refractivity contribution is 7.89. The Labute approximate surface area is 124 Å². The summed E-state index contributed by atoms with van der Waals surface area (Å²) in [4.78, 5) is 11.0. The SMILES string of the molecule is COc1ccc(C(=O)O)cc1S(=O)(=O)N1CCCCCC1. The van der Waals surface area contributed by atoms with Crippen LogP contribution in [-0.2, 0) is 10.0 Å². The summed E-state index contributed by atoms with van der Waals surface area (Å²) in [6.45, 7) is 0.922. The summed E-state index contributed by atoms with van der Waals surface area (Å²) in [7, 11) is -2.37. The summed E-state index contributed by atoms with van der Waals surface area (Å²) in [5.74, 6) is -0.991. The third kappa shape index (κ3) is 3.36. The molecule has 1 aliphatic rings. The van der Waals surface area contributed by atoms with Gasteiger partial charge in [0.2, 0.25) is 10.0 Å². The van der Waals surface area contributed by atoms with Crippen molar-refractivity contribution in [1.29, 1.82) is 0 Å². The van der Waals surface area contributed by atoms with Crippen molar-refractivity contribution in [2.45, 2.75) is 30.6 Å². The largest absolute Gasteiger partial charge is 0.495 e. The molecular formula is C14H19NO5S. The lowest BCUT2D eigenvalue weighted by Gasteiger charge is -2.21. The van der Waals surface area contributed by atoms with Gasteiger partial charge in [-0.2, -0.15) is 4.31 Å². The Morgan fingerprint density at radius 1 is 1.19 bits per heavy atom. The van der Waals surface area contributed by atoms with Crippen molar-refractivity contribution >= 4 is 16.0 Å². The number of rotatable bonds is 4. The smallest absolute Gasteiger partial charge is 0.335 e. The number of methoxy groups -OCH3 is 1. The summed E-state index contributed by atoms with van der Waals surface area (Å²) >= 11 is 0. The van der Waals surface area contributed by atoms with Gasteiger partial charge in [0.25, 0.3) is 0 Å². The van der Waals surface area contributed by atoms with Crippen LogP contribution in [0, 0.1) is 0 Å². The molecule has 0 spiro atoms. The van der Waals surface area contributed by atoms with Gasteiger partial charge in [0.15, 0.2) is 0 Å². The van der Waals surface area contributed by atoms with E-state index in [1.165, 1.54) is 29.6 Å². The minimum absolute atomic E-state index is 0.0656. The third-order valence-electron chi connectivity index (χ3n) is 3.59. The third-order valence-corrected chi connectivity index (χ3v) is 5.51. The standard InChI is InChI=1S/C14H19NO5S/c1-20-12-7-6-11(14(16)17)10-13(12)21(18,19)15-8-4-2-3-5-9-15/h6-7,10H,2-5,8-9H2,1H3,(H,16,17). The molecule has 1 aromatic carbocycles. The zero-order chi connectivity index (χ0) is 15.5. The number of ether oxygens (including phenoxy) is 1. The Morgan fingerprint density at radius 2 is 1.81 bits per heavy atom. The fourth-order valence-corrected chi connectivity index (χ4v) is 4.13. The van der Waals surface area contributed by atoms with E-state index in [9.17, 15) is 13.2 Å². The Hall–Kier alpha value is -1.60. The monoisotopic (exact) mass is 313 g/mol. The lowest BCUT2D eigenvalue weighted by atomic mass is 10.2. The molecule has 0 aliphatic carbocycles. The zero-order valence-electron chi connectivity index (χ0n) is 11.9. The molecule has 0 unspecified atom stereocenters. The number of carbonyl (C=O) groups is 1. The van der Waals surface area contributed by atoms with Gasteiger partial charge in [0.05, 0.1) is 12.7 Å². The number of carboxylic acid groups (broad SMARTS) is 1. The molecule has 0 aromatic heterocycles. The van der Waals surface area contributed by atoms with Crippen molar-refractivity contribution < 1.29 is 23.1 Å². The molecule has 2 rings (SSSR count). The molecule has 1 aromatic rings. The van der Waals surface area contributed by atoms with E-state index < -0.39 is 16.0 Å². The number of benzene rings is 1. The molecule has 1 fully saturated rings. The van der Waals surface area contributed by atoms with E-state index in [2.05, 4.69) is 0 Å². The van der Waals surface area contributed by atoms with E-state index in [4.69, 9.17) is 9.84 Å². The molecule has 0 bridgehead atoms. The van der Waals surface area contributed by atoms with Crippen LogP contribution in [0.5, 0.6) is 5.75 Å². The summed E-state index contributed by atoms with van der Waals surface area (Å²) < 4.78 is 32.0. The Balaban J connectivity index is 2.46. The first kappa shape index (κ1) is 15.8. The van der Waals surface area contributed by atoms with Gasteiger partial charge >= 0.3 is 5.97 Å². The molecule has 0 saturated carbocycles. The maximum Gasteiger partial charge on any atom is 0.335 e. The first-order valence-corrected chi connectivity index (χ1v) is 8.32. The molecule has 116 valence electrons. The molecule has 7 heteroatoms. The van der Waals surface area contributed by atoms with Crippen LogP contribution in [0.2, 0.25) is 0 Å².